The van der Waals surface area contributed by atoms with Crippen LogP contribution in [-0.2, 0) is 38.1 Å². The van der Waals surface area contributed by atoms with Crippen molar-refractivity contribution in [2.75, 3.05) is 34.2 Å². The van der Waals surface area contributed by atoms with Gasteiger partial charge in [0, 0.05) is 59.9 Å². The van der Waals surface area contributed by atoms with Crippen LogP contribution in [0, 0.1) is 0 Å². The van der Waals surface area contributed by atoms with Gasteiger partial charge in [-0.15, -0.1) is 42.8 Å². The maximum Gasteiger partial charge on any atom is 0.132 e. The largest absolute Gasteiger partial charge is 0.381 e. The molecule has 0 saturated heterocycles. The number of methoxy groups -OCH3 is 4. The van der Waals surface area contributed by atoms with Crippen molar-refractivity contribution < 1.29 is 38.1 Å². The Morgan fingerprint density at radius 1 is 0.516 bits per heavy atom. The van der Waals surface area contributed by atoms with E-state index >= 15 is 0 Å². The van der Waals surface area contributed by atoms with Gasteiger partial charge in [-0.2, -0.15) is 0 Å². The molecule has 0 N–H and O–H groups in total. The molecule has 10 heteroatoms. The topological polar surface area (TPSA) is 105 Å². The summed E-state index contributed by atoms with van der Waals surface area (Å²) in [6.07, 6.45) is 22.3. The Labute approximate surface area is 397 Å². The average molecular weight is 926 g/mol. The lowest BCUT2D eigenvalue weighted by Crippen LogP contribution is -2.15. The third kappa shape index (κ3) is 66.9. The van der Waals surface area contributed by atoms with Gasteiger partial charge < -0.3 is 18.9 Å². The van der Waals surface area contributed by atoms with Gasteiger partial charge in [-0.1, -0.05) is 109 Å². The summed E-state index contributed by atoms with van der Waals surface area (Å²) in [4.78, 5) is 43.3. The molecule has 0 aromatic carbocycles. The number of thioether (sulfide) groups is 1. The predicted molar refractivity (Wildman–Crippen MR) is 284 cm³/mol. The van der Waals surface area contributed by atoms with Crippen LogP contribution in [0.25, 0.3) is 0 Å². The van der Waals surface area contributed by atoms with Gasteiger partial charge in [0.25, 0.3) is 0 Å². The summed E-state index contributed by atoms with van der Waals surface area (Å²) in [6, 6.07) is 4.17. The van der Waals surface area contributed by atoms with Crippen LogP contribution in [0.4, 0.5) is 0 Å². The first kappa shape index (κ1) is 86.8. The maximum atomic E-state index is 10.9. The van der Waals surface area contributed by atoms with E-state index in [1.165, 1.54) is 23.5 Å². The molecule has 0 aliphatic rings. The second kappa shape index (κ2) is 65.4. The Bertz CT molecular complexity index is 1070. The summed E-state index contributed by atoms with van der Waals surface area (Å²) >= 11 is 3.58. The minimum Gasteiger partial charge on any atom is -0.381 e. The highest BCUT2D eigenvalue weighted by Gasteiger charge is 2.12. The van der Waals surface area contributed by atoms with Gasteiger partial charge in [0.15, 0.2) is 0 Å². The lowest BCUT2D eigenvalue weighted by atomic mass is 10.0. The lowest BCUT2D eigenvalue weighted by molar-refractivity contribution is -0.120. The van der Waals surface area contributed by atoms with Crippen LogP contribution < -0.4 is 0 Å². The molecule has 1 aromatic rings. The number of unbranched alkanes of at least 4 members (excludes halogenated alkanes) is 6. The molecule has 62 heavy (non-hydrogen) atoms. The zero-order chi connectivity index (χ0) is 41.4. The summed E-state index contributed by atoms with van der Waals surface area (Å²) < 4.78 is 22.1. The Morgan fingerprint density at radius 3 is 1.16 bits per heavy atom. The smallest absolute Gasteiger partial charge is 0.132 e. The van der Waals surface area contributed by atoms with E-state index in [2.05, 4.69) is 37.2 Å². The molecule has 0 aliphatic heterocycles. The Hall–Kier alpha value is -2.21. The van der Waals surface area contributed by atoms with E-state index in [-0.39, 0.29) is 107 Å². The molecule has 1 aromatic heterocycles. The zero-order valence-corrected chi connectivity index (χ0v) is 36.8. The molecule has 4 unspecified atom stereocenters. The first-order chi connectivity index (χ1) is 25.8. The number of ether oxygens (including phenoxy) is 4. The van der Waals surface area contributed by atoms with E-state index in [9.17, 15) is 19.2 Å². The predicted octanol–water partition coefficient (Wildman–Crippen LogP) is 16.5. The summed E-state index contributed by atoms with van der Waals surface area (Å²) in [6.45, 7) is 17.4. The van der Waals surface area contributed by atoms with E-state index < -0.39 is 0 Å². The normalized spacial score (nSPS) is 10.9. The van der Waals surface area contributed by atoms with Crippen molar-refractivity contribution in [3.8, 4) is 0 Å². The van der Waals surface area contributed by atoms with E-state index in [0.29, 0.717) is 25.7 Å². The lowest BCUT2D eigenvalue weighted by Gasteiger charge is -2.12. The first-order valence-electron chi connectivity index (χ1n) is 19.4. The van der Waals surface area contributed by atoms with Gasteiger partial charge in [0.1, 0.15) is 23.1 Å². The van der Waals surface area contributed by atoms with E-state index in [1.807, 2.05) is 30.0 Å². The van der Waals surface area contributed by atoms with Crippen LogP contribution in [0.5, 0.6) is 0 Å². The van der Waals surface area contributed by atoms with Crippen LogP contribution in [0.2, 0.25) is 0 Å². The molecule has 1 heterocycles. The van der Waals surface area contributed by atoms with Gasteiger partial charge in [0.05, 0.1) is 28.6 Å². The SMILES string of the molecule is C.C.C.C.C.C.C.C.C=CCCC(CC(C)=O)OC.C=CCCCCC(CC(C)=O)OC.C=CCCCCCCC(CC(C)=O)OC.COC(CCSc1cccs1)CC(C)=O. The van der Waals surface area contributed by atoms with Crippen LogP contribution in [0.15, 0.2) is 59.7 Å². The number of thiophene rings is 1. The van der Waals surface area contributed by atoms with Crippen molar-refractivity contribution in [3.05, 3.63) is 55.5 Å². The summed E-state index contributed by atoms with van der Waals surface area (Å²) in [5.41, 5.74) is 0. The van der Waals surface area contributed by atoms with E-state index in [0.717, 1.165) is 70.0 Å². The third-order valence-corrected chi connectivity index (χ3v) is 10.3. The highest BCUT2D eigenvalue weighted by atomic mass is 32.2. The maximum absolute atomic E-state index is 10.9. The number of hydrogen-bond donors (Lipinski definition) is 0. The van der Waals surface area contributed by atoms with Crippen molar-refractivity contribution in [2.24, 2.45) is 0 Å². The van der Waals surface area contributed by atoms with Crippen molar-refractivity contribution in [1.82, 2.24) is 0 Å². The van der Waals surface area contributed by atoms with E-state index in [1.54, 1.807) is 67.5 Å². The molecular formula is C52H108O8S2. The van der Waals surface area contributed by atoms with Crippen LogP contribution in [0.1, 0.15) is 196 Å². The van der Waals surface area contributed by atoms with Gasteiger partial charge in [-0.25, -0.2) is 0 Å². The van der Waals surface area contributed by atoms with Crippen molar-refractivity contribution in [1.29, 1.82) is 0 Å². The van der Waals surface area contributed by atoms with Crippen LogP contribution in [0.3, 0.4) is 0 Å². The molecule has 1 rings (SSSR count). The van der Waals surface area contributed by atoms with E-state index in [4.69, 9.17) is 18.9 Å². The van der Waals surface area contributed by atoms with Crippen LogP contribution in [-0.4, -0.2) is 81.7 Å². The zero-order valence-electron chi connectivity index (χ0n) is 35.2. The molecule has 0 bridgehead atoms. The second-order valence-corrected chi connectivity index (χ2v) is 15.7. The first-order valence-corrected chi connectivity index (χ1v) is 21.3. The molecule has 0 amide bonds. The fourth-order valence-electron chi connectivity index (χ4n) is 5.11. The Kier molecular flexibility index (Phi) is 91.6. The number of carbonyl (C=O) groups is 4. The number of rotatable bonds is 31. The summed E-state index contributed by atoms with van der Waals surface area (Å²) in [7, 11) is 6.66. The molecule has 0 spiro atoms. The second-order valence-electron chi connectivity index (χ2n) is 13.3. The van der Waals surface area contributed by atoms with Crippen molar-refractivity contribution in [2.45, 2.75) is 225 Å². The monoisotopic (exact) mass is 925 g/mol. The Morgan fingerprint density at radius 2 is 0.839 bits per heavy atom. The number of carbonyl (C=O) groups excluding carboxylic acids is 4. The highest BCUT2D eigenvalue weighted by molar-refractivity contribution is 8.01. The quantitative estimate of drug-likeness (QED) is 0.0409. The van der Waals surface area contributed by atoms with Gasteiger partial charge >= 0.3 is 0 Å². The summed E-state index contributed by atoms with van der Waals surface area (Å²) in [5.74, 6) is 1.81. The molecule has 0 aliphatic carbocycles. The minimum absolute atomic E-state index is 0. The van der Waals surface area contributed by atoms with Crippen molar-refractivity contribution >= 4 is 46.2 Å². The number of ketones is 4. The van der Waals surface area contributed by atoms with Crippen molar-refractivity contribution in [3.63, 3.8) is 0 Å². The third-order valence-electron chi connectivity index (χ3n) is 8.13. The fourth-order valence-corrected chi connectivity index (χ4v) is 7.00. The van der Waals surface area contributed by atoms with Gasteiger partial charge in [-0.3, -0.25) is 19.2 Å². The molecule has 0 radical (unpaired) electrons. The molecule has 4 atom stereocenters. The summed E-state index contributed by atoms with van der Waals surface area (Å²) in [5, 5.41) is 2.08. The number of allylic oxidation sites excluding steroid dienone is 3. The number of hydrogen-bond acceptors (Lipinski definition) is 10. The molecule has 0 saturated carbocycles. The minimum atomic E-state index is 0. The van der Waals surface area contributed by atoms with Gasteiger partial charge in [0.2, 0.25) is 0 Å². The molecule has 376 valence electrons. The Balaban J connectivity index is -0.0000000600. The van der Waals surface area contributed by atoms with Crippen LogP contribution >= 0.6 is 23.1 Å². The average Bonchev–Trinajstić information content (AvgIpc) is 3.65. The van der Waals surface area contributed by atoms with Gasteiger partial charge in [-0.05, 0) is 96.9 Å². The molecular weight excluding hydrogens is 817 g/mol. The highest BCUT2D eigenvalue weighted by Crippen LogP contribution is 2.25. The standard InChI is InChI=1S/C13H24O2.C11H16O2S2.C11H20O2.C9H16O2.8CH4/c1-4-5-6-7-8-9-10-13(15-3)11-12(2)14;1-9(12)8-10(13-2)5-7-15-11-4-3-6-14-11;1-4-5-6-7-8-11(13-3)9-10(2)12;1-4-5-6-9(11-3)7-8(2)10;;;;;;;;/h4,13H,1,5-11H2,2-3H3;3-4,6,10H,5,7-8H2,1-2H3;4,11H,1,5-9H2,2-3H3;4,9H,1,5-7H2,2-3H3;8*1H4. The fraction of sp³-hybridized carbons (Fsp3) is 0.731. The molecule has 0 fully saturated rings. The molecule has 8 nitrogen and oxygen atoms in total. The number of Topliss-reactive ketones (excluding diaryl/α,β-unsaturated/α-hetero) is 4.